The lowest BCUT2D eigenvalue weighted by atomic mass is 10.2. The molecule has 1 aromatic rings. The van der Waals surface area contributed by atoms with E-state index in [0.29, 0.717) is 6.04 Å². The maximum Gasteiger partial charge on any atom is 0.0545 e. The summed E-state index contributed by atoms with van der Waals surface area (Å²) >= 11 is 0. The monoisotopic (exact) mass is 263 g/mol. The number of nitrogens with one attached hydrogen (secondary N) is 4. The lowest BCUT2D eigenvalue weighted by molar-refractivity contribution is 0.490. The molecule has 0 unspecified atom stereocenters. The molecule has 0 aromatic carbocycles. The minimum atomic E-state index is 0.480. The van der Waals surface area contributed by atoms with Gasteiger partial charge in [0.15, 0.2) is 0 Å². The Hall–Kier alpha value is -1.01. The molecule has 0 spiro atoms. The standard InChI is InChI=1S/C14H25N5/c1-12-9-17-11-14-4-2-3-13(19-14)10-16-6-5-15-7-8-18-12/h2-4,12,15-18H,5-11H2,1H3/t12-/m0/s1. The molecule has 0 amide bonds. The summed E-state index contributed by atoms with van der Waals surface area (Å²) in [7, 11) is 0. The van der Waals surface area contributed by atoms with Crippen molar-refractivity contribution in [2.24, 2.45) is 0 Å². The van der Waals surface area contributed by atoms with Crippen LogP contribution in [0.3, 0.4) is 0 Å². The number of hydrogen-bond donors (Lipinski definition) is 4. The molecule has 2 rings (SSSR count). The molecule has 0 radical (unpaired) electrons. The van der Waals surface area contributed by atoms with Crippen LogP contribution in [0.2, 0.25) is 0 Å². The summed E-state index contributed by atoms with van der Waals surface area (Å²) in [6.45, 7) is 8.82. The number of pyridine rings is 1. The Labute approximate surface area is 115 Å². The average molecular weight is 263 g/mol. The van der Waals surface area contributed by atoms with Crippen molar-refractivity contribution in [1.29, 1.82) is 0 Å². The van der Waals surface area contributed by atoms with Crippen molar-refractivity contribution < 1.29 is 0 Å². The maximum atomic E-state index is 4.64. The zero-order valence-corrected chi connectivity index (χ0v) is 11.7. The van der Waals surface area contributed by atoms with Gasteiger partial charge in [-0.05, 0) is 19.1 Å². The van der Waals surface area contributed by atoms with Gasteiger partial charge in [-0.15, -0.1) is 0 Å². The molecule has 0 saturated carbocycles. The summed E-state index contributed by atoms with van der Waals surface area (Å²) in [6.07, 6.45) is 0. The van der Waals surface area contributed by atoms with Crippen molar-refractivity contribution in [1.82, 2.24) is 26.3 Å². The predicted molar refractivity (Wildman–Crippen MR) is 78.0 cm³/mol. The third kappa shape index (κ3) is 5.65. The highest BCUT2D eigenvalue weighted by Crippen LogP contribution is 1.99. The van der Waals surface area contributed by atoms with Gasteiger partial charge in [-0.2, -0.15) is 0 Å². The molecule has 5 heteroatoms. The summed E-state index contributed by atoms with van der Waals surface area (Å²) < 4.78 is 0. The van der Waals surface area contributed by atoms with E-state index in [-0.39, 0.29) is 0 Å². The van der Waals surface area contributed by atoms with Crippen LogP contribution < -0.4 is 21.3 Å². The van der Waals surface area contributed by atoms with Crippen LogP contribution in [0.1, 0.15) is 18.3 Å². The lowest BCUT2D eigenvalue weighted by Crippen LogP contribution is -2.40. The van der Waals surface area contributed by atoms with Crippen LogP contribution >= 0.6 is 0 Å². The Morgan fingerprint density at radius 1 is 0.947 bits per heavy atom. The predicted octanol–water partition coefficient (Wildman–Crippen LogP) is -0.158. The highest BCUT2D eigenvalue weighted by atomic mass is 15.0. The van der Waals surface area contributed by atoms with Crippen molar-refractivity contribution in [3.63, 3.8) is 0 Å². The fourth-order valence-corrected chi connectivity index (χ4v) is 2.14. The first-order valence-electron chi connectivity index (χ1n) is 7.15. The highest BCUT2D eigenvalue weighted by Gasteiger charge is 2.02. The number of rotatable bonds is 0. The largest absolute Gasteiger partial charge is 0.314 e. The van der Waals surface area contributed by atoms with E-state index in [1.54, 1.807) is 0 Å². The molecule has 1 aliphatic heterocycles. The van der Waals surface area contributed by atoms with E-state index in [2.05, 4.69) is 51.4 Å². The molecule has 0 aliphatic carbocycles. The smallest absolute Gasteiger partial charge is 0.0545 e. The normalized spacial score (nSPS) is 23.3. The van der Waals surface area contributed by atoms with Gasteiger partial charge in [0.2, 0.25) is 0 Å². The minimum absolute atomic E-state index is 0.480. The second kappa shape index (κ2) is 8.22. The molecule has 106 valence electrons. The first-order valence-corrected chi connectivity index (χ1v) is 7.15. The van der Waals surface area contributed by atoms with Crippen molar-refractivity contribution in [2.45, 2.75) is 26.1 Å². The van der Waals surface area contributed by atoms with E-state index in [4.69, 9.17) is 0 Å². The minimum Gasteiger partial charge on any atom is -0.314 e. The van der Waals surface area contributed by atoms with Crippen LogP contribution in [0.25, 0.3) is 0 Å². The summed E-state index contributed by atoms with van der Waals surface area (Å²) in [4.78, 5) is 4.64. The van der Waals surface area contributed by atoms with Crippen LogP contribution in [0.15, 0.2) is 18.2 Å². The molecule has 19 heavy (non-hydrogen) atoms. The summed E-state index contributed by atoms with van der Waals surface area (Å²) in [5.74, 6) is 0. The second-order valence-corrected chi connectivity index (χ2v) is 5.03. The van der Waals surface area contributed by atoms with Gasteiger partial charge in [-0.25, -0.2) is 0 Å². The molecule has 5 nitrogen and oxygen atoms in total. The SMILES string of the molecule is C[C@H]1CNCc2cccc(n2)CNCCNCCN1. The Balaban J connectivity index is 1.91. The Morgan fingerprint density at radius 2 is 1.63 bits per heavy atom. The fourth-order valence-electron chi connectivity index (χ4n) is 2.14. The van der Waals surface area contributed by atoms with Gasteiger partial charge in [0.1, 0.15) is 0 Å². The van der Waals surface area contributed by atoms with Gasteiger partial charge < -0.3 is 21.3 Å². The van der Waals surface area contributed by atoms with Gasteiger partial charge in [0, 0.05) is 51.9 Å². The third-order valence-corrected chi connectivity index (χ3v) is 3.20. The molecule has 2 bridgehead atoms. The molecule has 1 aromatic heterocycles. The maximum absolute atomic E-state index is 4.64. The summed E-state index contributed by atoms with van der Waals surface area (Å²) in [5.41, 5.74) is 2.22. The third-order valence-electron chi connectivity index (χ3n) is 3.20. The van der Waals surface area contributed by atoms with Crippen molar-refractivity contribution >= 4 is 0 Å². The van der Waals surface area contributed by atoms with E-state index in [9.17, 15) is 0 Å². The van der Waals surface area contributed by atoms with E-state index in [0.717, 1.165) is 57.2 Å². The molecule has 1 atom stereocenters. The number of nitrogens with zero attached hydrogens (tertiary/aromatic N) is 1. The molecule has 1 aliphatic rings. The van der Waals surface area contributed by atoms with E-state index in [1.165, 1.54) is 0 Å². The van der Waals surface area contributed by atoms with E-state index in [1.807, 2.05) is 0 Å². The summed E-state index contributed by atoms with van der Waals surface area (Å²) in [5, 5.41) is 13.8. The summed E-state index contributed by atoms with van der Waals surface area (Å²) in [6, 6.07) is 6.72. The topological polar surface area (TPSA) is 61.0 Å². The zero-order chi connectivity index (χ0) is 13.3. The van der Waals surface area contributed by atoms with Crippen molar-refractivity contribution in [3.05, 3.63) is 29.6 Å². The zero-order valence-electron chi connectivity index (χ0n) is 11.7. The van der Waals surface area contributed by atoms with E-state index >= 15 is 0 Å². The van der Waals surface area contributed by atoms with Crippen molar-refractivity contribution in [2.75, 3.05) is 32.7 Å². The van der Waals surface area contributed by atoms with Crippen LogP contribution in [0, 0.1) is 0 Å². The second-order valence-electron chi connectivity index (χ2n) is 5.03. The first kappa shape index (κ1) is 14.4. The molecule has 0 fully saturated rings. The van der Waals surface area contributed by atoms with Gasteiger partial charge in [0.05, 0.1) is 11.4 Å². The molecule has 0 saturated heterocycles. The van der Waals surface area contributed by atoms with Gasteiger partial charge in [0.25, 0.3) is 0 Å². The van der Waals surface area contributed by atoms with Gasteiger partial charge in [-0.3, -0.25) is 4.98 Å². The van der Waals surface area contributed by atoms with Crippen LogP contribution in [-0.4, -0.2) is 43.7 Å². The van der Waals surface area contributed by atoms with Crippen LogP contribution in [0.5, 0.6) is 0 Å². The fraction of sp³-hybridized carbons (Fsp3) is 0.643. The molecule has 4 N–H and O–H groups in total. The number of fused-ring (bicyclic) bond motifs is 2. The van der Waals surface area contributed by atoms with Crippen LogP contribution in [-0.2, 0) is 13.1 Å². The first-order chi connectivity index (χ1) is 9.34. The van der Waals surface area contributed by atoms with Gasteiger partial charge >= 0.3 is 0 Å². The lowest BCUT2D eigenvalue weighted by Gasteiger charge is -2.14. The Kier molecular flexibility index (Phi) is 6.23. The average Bonchev–Trinajstić information content (AvgIpc) is 2.42. The van der Waals surface area contributed by atoms with Crippen LogP contribution in [0.4, 0.5) is 0 Å². The molecular formula is C14H25N5. The Morgan fingerprint density at radius 3 is 2.47 bits per heavy atom. The number of aromatic nitrogens is 1. The highest BCUT2D eigenvalue weighted by molar-refractivity contribution is 5.11. The Bertz CT molecular complexity index is 369. The van der Waals surface area contributed by atoms with Gasteiger partial charge in [-0.1, -0.05) is 6.07 Å². The number of hydrogen-bond acceptors (Lipinski definition) is 5. The van der Waals surface area contributed by atoms with Crippen molar-refractivity contribution in [3.8, 4) is 0 Å². The molecular weight excluding hydrogens is 238 g/mol. The van der Waals surface area contributed by atoms with E-state index < -0.39 is 0 Å². The molecule has 2 heterocycles. The quantitative estimate of drug-likeness (QED) is 0.524.